The van der Waals surface area contributed by atoms with Crippen LogP contribution in [0.3, 0.4) is 0 Å². The lowest BCUT2D eigenvalue weighted by Gasteiger charge is -2.23. The van der Waals surface area contributed by atoms with Crippen LogP contribution in [0.25, 0.3) is 0 Å². The first-order valence-electron chi connectivity index (χ1n) is 6.10. The molecule has 1 N–H and O–H groups in total. The number of anilines is 1. The van der Waals surface area contributed by atoms with Crippen LogP contribution >= 0.6 is 0 Å². The Kier molecular flexibility index (Phi) is 4.27. The third-order valence-corrected chi connectivity index (χ3v) is 3.00. The second-order valence-electron chi connectivity index (χ2n) is 4.19. The first-order chi connectivity index (χ1) is 9.22. The van der Waals surface area contributed by atoms with Gasteiger partial charge in [0, 0.05) is 18.9 Å². The summed E-state index contributed by atoms with van der Waals surface area (Å²) in [5, 5.41) is 2.56. The van der Waals surface area contributed by atoms with Gasteiger partial charge in [-0.3, -0.25) is 9.59 Å². The van der Waals surface area contributed by atoms with Crippen molar-refractivity contribution in [2.45, 2.75) is 18.9 Å². The summed E-state index contributed by atoms with van der Waals surface area (Å²) in [6.07, 6.45) is 4.91. The first-order valence-corrected chi connectivity index (χ1v) is 6.10. The highest BCUT2D eigenvalue weighted by atomic mass is 16.5. The topological polar surface area (TPSA) is 84.4 Å². The van der Waals surface area contributed by atoms with Crippen LogP contribution in [-0.4, -0.2) is 48.1 Å². The van der Waals surface area contributed by atoms with Crippen molar-refractivity contribution < 1.29 is 14.3 Å². The quantitative estimate of drug-likeness (QED) is 0.754. The summed E-state index contributed by atoms with van der Waals surface area (Å²) < 4.78 is 4.48. The third kappa shape index (κ3) is 3.18. The van der Waals surface area contributed by atoms with Gasteiger partial charge in [0.15, 0.2) is 0 Å². The van der Waals surface area contributed by atoms with Gasteiger partial charge in [0.1, 0.15) is 12.6 Å². The highest BCUT2D eigenvalue weighted by Crippen LogP contribution is 2.21. The molecule has 2 rings (SSSR count). The van der Waals surface area contributed by atoms with Gasteiger partial charge in [-0.15, -0.1) is 0 Å². The Balaban J connectivity index is 1.99. The van der Waals surface area contributed by atoms with E-state index in [1.54, 1.807) is 18.5 Å². The maximum absolute atomic E-state index is 12.0. The van der Waals surface area contributed by atoms with Crippen molar-refractivity contribution in [2.24, 2.45) is 0 Å². The van der Waals surface area contributed by atoms with E-state index in [-0.39, 0.29) is 18.5 Å². The van der Waals surface area contributed by atoms with Crippen LogP contribution < -0.4 is 10.2 Å². The van der Waals surface area contributed by atoms with Crippen LogP contribution in [0.15, 0.2) is 18.5 Å². The molecule has 1 fully saturated rings. The van der Waals surface area contributed by atoms with Gasteiger partial charge < -0.3 is 15.0 Å². The zero-order valence-electron chi connectivity index (χ0n) is 10.7. The van der Waals surface area contributed by atoms with Crippen molar-refractivity contribution in [1.29, 1.82) is 0 Å². The van der Waals surface area contributed by atoms with Crippen molar-refractivity contribution in [2.75, 3.05) is 25.1 Å². The molecule has 1 saturated heterocycles. The molecule has 1 amide bonds. The lowest BCUT2D eigenvalue weighted by atomic mass is 10.2. The van der Waals surface area contributed by atoms with Crippen molar-refractivity contribution >= 4 is 17.8 Å². The number of carbonyl (C=O) groups excluding carboxylic acids is 2. The van der Waals surface area contributed by atoms with Crippen LogP contribution in [-0.2, 0) is 14.3 Å². The Morgan fingerprint density at radius 3 is 2.89 bits per heavy atom. The minimum atomic E-state index is -0.464. The average molecular weight is 264 g/mol. The fraction of sp³-hybridized carbons (Fsp3) is 0.500. The summed E-state index contributed by atoms with van der Waals surface area (Å²) in [6.45, 7) is 0.621. The molecule has 1 atom stereocenters. The van der Waals surface area contributed by atoms with Gasteiger partial charge in [-0.25, -0.2) is 9.97 Å². The molecule has 102 valence electrons. The van der Waals surface area contributed by atoms with Crippen LogP contribution in [0.1, 0.15) is 12.8 Å². The van der Waals surface area contributed by atoms with Crippen LogP contribution in [0.2, 0.25) is 0 Å². The second kappa shape index (κ2) is 6.12. The fourth-order valence-electron chi connectivity index (χ4n) is 2.07. The maximum Gasteiger partial charge on any atom is 0.325 e. The number of methoxy groups -OCH3 is 1. The predicted octanol–water partition coefficient (Wildman–Crippen LogP) is -0.265. The van der Waals surface area contributed by atoms with E-state index in [1.165, 1.54) is 7.11 Å². The first kappa shape index (κ1) is 13.3. The molecule has 0 saturated carbocycles. The van der Waals surface area contributed by atoms with Crippen molar-refractivity contribution in [3.8, 4) is 0 Å². The summed E-state index contributed by atoms with van der Waals surface area (Å²) in [5.41, 5.74) is 0. The molecule has 7 heteroatoms. The lowest BCUT2D eigenvalue weighted by Crippen LogP contribution is -2.45. The summed E-state index contributed by atoms with van der Waals surface area (Å²) in [4.78, 5) is 33.2. The summed E-state index contributed by atoms with van der Waals surface area (Å²) in [7, 11) is 1.29. The molecule has 0 spiro atoms. The number of nitrogens with one attached hydrogen (secondary N) is 1. The number of carbonyl (C=O) groups is 2. The van der Waals surface area contributed by atoms with Gasteiger partial charge in [-0.05, 0) is 18.9 Å². The number of rotatable bonds is 4. The molecule has 0 aromatic carbocycles. The minimum Gasteiger partial charge on any atom is -0.468 e. The molecule has 1 aliphatic rings. The SMILES string of the molecule is COC(=O)CNC(=O)C1CCCN1c1ncccn1. The fourth-order valence-corrected chi connectivity index (χ4v) is 2.07. The van der Waals surface area contributed by atoms with Crippen molar-refractivity contribution in [3.63, 3.8) is 0 Å². The van der Waals surface area contributed by atoms with Gasteiger partial charge >= 0.3 is 5.97 Å². The second-order valence-corrected chi connectivity index (χ2v) is 4.19. The van der Waals surface area contributed by atoms with Gasteiger partial charge in [0.05, 0.1) is 7.11 Å². The zero-order valence-corrected chi connectivity index (χ0v) is 10.7. The molecule has 1 aromatic rings. The minimum absolute atomic E-state index is 0.116. The number of hydrogen-bond donors (Lipinski definition) is 1. The maximum atomic E-state index is 12.0. The number of hydrogen-bond acceptors (Lipinski definition) is 6. The van der Waals surface area contributed by atoms with E-state index in [0.717, 1.165) is 19.4 Å². The third-order valence-electron chi connectivity index (χ3n) is 3.00. The highest BCUT2D eigenvalue weighted by molar-refractivity contribution is 5.88. The van der Waals surface area contributed by atoms with Crippen LogP contribution in [0.4, 0.5) is 5.95 Å². The lowest BCUT2D eigenvalue weighted by molar-refractivity contribution is -0.141. The summed E-state index contributed by atoms with van der Waals surface area (Å²) in [6, 6.07) is 1.40. The van der Waals surface area contributed by atoms with Crippen LogP contribution in [0, 0.1) is 0 Å². The summed E-state index contributed by atoms with van der Waals surface area (Å²) in [5.74, 6) is -0.123. The Morgan fingerprint density at radius 2 is 2.21 bits per heavy atom. The predicted molar refractivity (Wildman–Crippen MR) is 67.4 cm³/mol. The molecule has 19 heavy (non-hydrogen) atoms. The van der Waals surface area contributed by atoms with E-state index < -0.39 is 5.97 Å². The van der Waals surface area contributed by atoms with Crippen molar-refractivity contribution in [1.82, 2.24) is 15.3 Å². The number of nitrogens with zero attached hydrogens (tertiary/aromatic N) is 3. The molecule has 1 aromatic heterocycles. The Morgan fingerprint density at radius 1 is 1.47 bits per heavy atom. The monoisotopic (exact) mass is 264 g/mol. The number of ether oxygens (including phenoxy) is 1. The molecular weight excluding hydrogens is 248 g/mol. The summed E-state index contributed by atoms with van der Waals surface area (Å²) >= 11 is 0. The van der Waals surface area contributed by atoms with E-state index in [1.807, 2.05) is 4.90 Å². The smallest absolute Gasteiger partial charge is 0.325 e. The molecular formula is C12H16N4O3. The van der Waals surface area contributed by atoms with E-state index in [4.69, 9.17) is 0 Å². The van der Waals surface area contributed by atoms with E-state index in [2.05, 4.69) is 20.0 Å². The average Bonchev–Trinajstić information content (AvgIpc) is 2.94. The van der Waals surface area contributed by atoms with Crippen LogP contribution in [0.5, 0.6) is 0 Å². The zero-order chi connectivity index (χ0) is 13.7. The molecule has 7 nitrogen and oxygen atoms in total. The highest BCUT2D eigenvalue weighted by Gasteiger charge is 2.32. The number of aromatic nitrogens is 2. The van der Waals surface area contributed by atoms with Crippen molar-refractivity contribution in [3.05, 3.63) is 18.5 Å². The van der Waals surface area contributed by atoms with Gasteiger partial charge in [0.25, 0.3) is 0 Å². The number of esters is 1. The molecule has 1 aliphatic heterocycles. The molecule has 2 heterocycles. The van der Waals surface area contributed by atoms with E-state index >= 15 is 0 Å². The largest absolute Gasteiger partial charge is 0.468 e. The van der Waals surface area contributed by atoms with Gasteiger partial charge in [-0.1, -0.05) is 0 Å². The number of amides is 1. The van der Waals surface area contributed by atoms with E-state index in [9.17, 15) is 9.59 Å². The van der Waals surface area contributed by atoms with Gasteiger partial charge in [-0.2, -0.15) is 0 Å². The Hall–Kier alpha value is -2.18. The van der Waals surface area contributed by atoms with Gasteiger partial charge in [0.2, 0.25) is 11.9 Å². The molecule has 1 unspecified atom stereocenters. The molecule has 0 radical (unpaired) electrons. The molecule has 0 bridgehead atoms. The standard InChI is InChI=1S/C12H16N4O3/c1-19-10(17)8-15-11(18)9-4-2-7-16(9)12-13-5-3-6-14-12/h3,5-6,9H,2,4,7-8H2,1H3,(H,15,18). The Bertz CT molecular complexity index is 452. The normalized spacial score (nSPS) is 18.2. The molecule has 0 aliphatic carbocycles. The Labute approximate surface area is 111 Å². The van der Waals surface area contributed by atoms with E-state index in [0.29, 0.717) is 5.95 Å².